The Morgan fingerprint density at radius 1 is 0.795 bits per heavy atom. The van der Waals surface area contributed by atoms with E-state index in [0.717, 1.165) is 16.7 Å². The number of carbonyl (C=O) groups is 1. The van der Waals surface area contributed by atoms with Crippen LogP contribution >= 0.6 is 0 Å². The van der Waals surface area contributed by atoms with Crippen LogP contribution in [0.3, 0.4) is 0 Å². The predicted molar refractivity (Wildman–Crippen MR) is 164 cm³/mol. The second-order valence-corrected chi connectivity index (χ2v) is 17.6. The molecular formula is C33H46N2O3Si. The van der Waals surface area contributed by atoms with Crippen molar-refractivity contribution in [2.24, 2.45) is 0 Å². The zero-order valence-corrected chi connectivity index (χ0v) is 25.9. The van der Waals surface area contributed by atoms with Crippen LogP contribution in [0.4, 0.5) is 4.79 Å². The highest BCUT2D eigenvalue weighted by atomic mass is 28.4. The molecule has 0 saturated carbocycles. The van der Waals surface area contributed by atoms with Crippen molar-refractivity contribution < 1.29 is 14.3 Å². The molecule has 6 heteroatoms. The molecule has 1 atom stereocenters. The lowest BCUT2D eigenvalue weighted by atomic mass is 9.76. The van der Waals surface area contributed by atoms with Crippen molar-refractivity contribution in [3.8, 4) is 0 Å². The molecule has 0 aliphatic rings. The Bertz CT molecular complexity index is 1090. The van der Waals surface area contributed by atoms with Gasteiger partial charge in [-0.2, -0.15) is 0 Å². The van der Waals surface area contributed by atoms with Gasteiger partial charge in [0, 0.05) is 18.1 Å². The van der Waals surface area contributed by atoms with Crippen molar-refractivity contribution >= 4 is 14.4 Å². The molecule has 3 aromatic carbocycles. The minimum absolute atomic E-state index is 0.0312. The maximum Gasteiger partial charge on any atom is 0.407 e. The molecule has 0 aliphatic heterocycles. The normalized spacial score (nSPS) is 13.6. The first-order valence-corrected chi connectivity index (χ1v) is 16.7. The lowest BCUT2D eigenvalue weighted by Gasteiger charge is -2.44. The smallest absolute Gasteiger partial charge is 0.407 e. The first kappa shape index (κ1) is 30.6. The molecule has 210 valence electrons. The van der Waals surface area contributed by atoms with Crippen LogP contribution in [-0.4, -0.2) is 49.1 Å². The van der Waals surface area contributed by atoms with Crippen LogP contribution in [0, 0.1) is 0 Å². The van der Waals surface area contributed by atoms with Gasteiger partial charge < -0.3 is 14.4 Å². The van der Waals surface area contributed by atoms with Gasteiger partial charge in [0.1, 0.15) is 0 Å². The summed E-state index contributed by atoms with van der Waals surface area (Å²) in [6.45, 7) is 17.6. The molecule has 5 nitrogen and oxygen atoms in total. The molecule has 2 N–H and O–H groups in total. The van der Waals surface area contributed by atoms with Crippen LogP contribution in [0.1, 0.15) is 58.2 Å². The summed E-state index contributed by atoms with van der Waals surface area (Å²) in [4.78, 5) is 14.0. The number of nitrogens with one attached hydrogen (secondary N) is 1. The molecule has 1 amide bonds. The molecule has 0 bridgehead atoms. The number of hydrogen-bond acceptors (Lipinski definition) is 3. The summed E-state index contributed by atoms with van der Waals surface area (Å²) in [6, 6.07) is 30.9. The Balaban J connectivity index is 2.21. The van der Waals surface area contributed by atoms with Crippen molar-refractivity contribution in [3.63, 3.8) is 0 Å². The minimum Gasteiger partial charge on any atom is -0.465 e. The Morgan fingerprint density at radius 3 is 1.49 bits per heavy atom. The highest BCUT2D eigenvalue weighted by molar-refractivity contribution is 6.74. The number of amides is 1. The SMILES string of the molecule is CC(C)(C)N(C[C@@H](CO[Si](C)(C)C(C)(C)C)NC(c1ccccc1)(c1ccccc1)c1ccccc1)C(=O)O. The van der Waals surface area contributed by atoms with Gasteiger partial charge in [-0.3, -0.25) is 5.32 Å². The summed E-state index contributed by atoms with van der Waals surface area (Å²) < 4.78 is 6.76. The quantitative estimate of drug-likeness (QED) is 0.202. The van der Waals surface area contributed by atoms with E-state index >= 15 is 0 Å². The van der Waals surface area contributed by atoms with E-state index < -0.39 is 25.5 Å². The molecule has 3 aromatic rings. The van der Waals surface area contributed by atoms with E-state index in [0.29, 0.717) is 6.61 Å². The minimum atomic E-state index is -2.11. The molecule has 0 radical (unpaired) electrons. The fourth-order valence-electron chi connectivity index (χ4n) is 4.65. The molecule has 0 unspecified atom stereocenters. The van der Waals surface area contributed by atoms with E-state index in [9.17, 15) is 9.90 Å². The highest BCUT2D eigenvalue weighted by Gasteiger charge is 2.42. The average Bonchev–Trinajstić information content (AvgIpc) is 2.88. The average molecular weight is 547 g/mol. The highest BCUT2D eigenvalue weighted by Crippen LogP contribution is 2.39. The van der Waals surface area contributed by atoms with Crippen molar-refractivity contribution in [2.45, 2.75) is 76.8 Å². The van der Waals surface area contributed by atoms with Gasteiger partial charge in [-0.15, -0.1) is 0 Å². The molecular weight excluding hydrogens is 500 g/mol. The third kappa shape index (κ3) is 7.18. The second-order valence-electron chi connectivity index (χ2n) is 12.8. The number of hydrogen-bond donors (Lipinski definition) is 2. The monoisotopic (exact) mass is 546 g/mol. The van der Waals surface area contributed by atoms with Gasteiger partial charge in [0.05, 0.1) is 12.1 Å². The third-order valence-corrected chi connectivity index (χ3v) is 12.4. The van der Waals surface area contributed by atoms with Crippen LogP contribution in [-0.2, 0) is 9.96 Å². The van der Waals surface area contributed by atoms with Gasteiger partial charge in [0.2, 0.25) is 0 Å². The van der Waals surface area contributed by atoms with Crippen LogP contribution in [0.5, 0.6) is 0 Å². The van der Waals surface area contributed by atoms with Gasteiger partial charge in [-0.25, -0.2) is 4.79 Å². The standard InChI is InChI=1S/C33H46N2O3Si/c1-31(2,3)35(30(36)37)24-29(25-38-39(7,8)32(4,5)6)34-33(26-18-12-9-13-19-26,27-20-14-10-15-21-27)28-22-16-11-17-23-28/h9-23,29,34H,24-25H2,1-8H3,(H,36,37)/t29-/m0/s1. The van der Waals surface area contributed by atoms with Gasteiger partial charge in [0.25, 0.3) is 0 Å². The number of benzene rings is 3. The fraction of sp³-hybridized carbons (Fsp3) is 0.424. The summed E-state index contributed by atoms with van der Waals surface area (Å²) in [6.07, 6.45) is -0.939. The molecule has 0 heterocycles. The van der Waals surface area contributed by atoms with Crippen LogP contribution in [0.25, 0.3) is 0 Å². The Hall–Kier alpha value is -2.93. The summed E-state index contributed by atoms with van der Waals surface area (Å²) in [5.74, 6) is 0. The Morgan fingerprint density at radius 2 is 1.18 bits per heavy atom. The zero-order valence-electron chi connectivity index (χ0n) is 24.9. The number of nitrogens with zero attached hydrogens (tertiary/aromatic N) is 1. The lowest BCUT2D eigenvalue weighted by Crippen LogP contribution is -2.59. The molecule has 3 rings (SSSR count). The number of rotatable bonds is 10. The van der Waals surface area contributed by atoms with Gasteiger partial charge >= 0.3 is 6.09 Å². The van der Waals surface area contributed by atoms with Gasteiger partial charge in [-0.05, 0) is 55.6 Å². The maximum absolute atomic E-state index is 12.5. The fourth-order valence-corrected chi connectivity index (χ4v) is 5.70. The largest absolute Gasteiger partial charge is 0.465 e. The lowest BCUT2D eigenvalue weighted by molar-refractivity contribution is 0.0822. The van der Waals surface area contributed by atoms with E-state index in [2.05, 4.69) is 112 Å². The Kier molecular flexibility index (Phi) is 9.47. The van der Waals surface area contributed by atoms with Crippen LogP contribution in [0.2, 0.25) is 18.1 Å². The topological polar surface area (TPSA) is 61.8 Å². The summed E-state index contributed by atoms with van der Waals surface area (Å²) in [5.41, 5.74) is 1.94. The van der Waals surface area contributed by atoms with E-state index in [1.165, 1.54) is 4.90 Å². The number of carboxylic acid groups (broad SMARTS) is 1. The molecule has 39 heavy (non-hydrogen) atoms. The van der Waals surface area contributed by atoms with Crippen molar-refractivity contribution in [2.75, 3.05) is 13.2 Å². The van der Waals surface area contributed by atoms with E-state index in [4.69, 9.17) is 4.43 Å². The summed E-state index contributed by atoms with van der Waals surface area (Å²) in [7, 11) is -2.11. The van der Waals surface area contributed by atoms with Crippen LogP contribution in [0.15, 0.2) is 91.0 Å². The molecule has 0 aliphatic carbocycles. The molecule has 0 fully saturated rings. The zero-order chi connectivity index (χ0) is 28.9. The first-order chi connectivity index (χ1) is 18.2. The summed E-state index contributed by atoms with van der Waals surface area (Å²) in [5, 5.41) is 14.3. The van der Waals surface area contributed by atoms with Gasteiger partial charge in [0.15, 0.2) is 8.32 Å². The van der Waals surface area contributed by atoms with Crippen molar-refractivity contribution in [3.05, 3.63) is 108 Å². The molecule has 0 spiro atoms. The second kappa shape index (κ2) is 12.1. The van der Waals surface area contributed by atoms with Crippen LogP contribution < -0.4 is 5.32 Å². The van der Waals surface area contributed by atoms with E-state index in [1.54, 1.807) is 0 Å². The van der Waals surface area contributed by atoms with Crippen molar-refractivity contribution in [1.82, 2.24) is 10.2 Å². The van der Waals surface area contributed by atoms with Gasteiger partial charge in [-0.1, -0.05) is 112 Å². The van der Waals surface area contributed by atoms with Crippen molar-refractivity contribution in [1.29, 1.82) is 0 Å². The maximum atomic E-state index is 12.5. The summed E-state index contributed by atoms with van der Waals surface area (Å²) >= 11 is 0. The Labute approximate surface area is 236 Å². The predicted octanol–water partition coefficient (Wildman–Crippen LogP) is 7.74. The van der Waals surface area contributed by atoms with E-state index in [1.807, 2.05) is 39.0 Å². The first-order valence-electron chi connectivity index (χ1n) is 13.8. The van der Waals surface area contributed by atoms with E-state index in [-0.39, 0.29) is 17.6 Å². The third-order valence-electron chi connectivity index (χ3n) is 7.94. The molecule has 0 saturated heterocycles. The molecule has 0 aromatic heterocycles.